The maximum absolute atomic E-state index is 13.5. The molecule has 1 atom stereocenters. The molecule has 0 fully saturated rings. The van der Waals surface area contributed by atoms with Crippen molar-refractivity contribution in [2.75, 3.05) is 0 Å². The van der Waals surface area contributed by atoms with Crippen LogP contribution in [0.4, 0.5) is 4.39 Å². The van der Waals surface area contributed by atoms with Crippen LogP contribution in [-0.2, 0) is 6.42 Å². The van der Waals surface area contributed by atoms with Crippen LogP contribution in [0.1, 0.15) is 17.2 Å². The fraction of sp³-hybridized carbons (Fsp3) is 0.143. The summed E-state index contributed by atoms with van der Waals surface area (Å²) in [7, 11) is 0. The van der Waals surface area contributed by atoms with E-state index in [1.54, 1.807) is 36.4 Å². The minimum atomic E-state index is -0.827. The zero-order valence-electron chi connectivity index (χ0n) is 9.41. The van der Waals surface area contributed by atoms with Crippen LogP contribution in [0.3, 0.4) is 0 Å². The van der Waals surface area contributed by atoms with Gasteiger partial charge in [-0.1, -0.05) is 45.7 Å². The summed E-state index contributed by atoms with van der Waals surface area (Å²) in [6.45, 7) is 0. The molecule has 2 aromatic rings. The molecule has 0 saturated heterocycles. The first-order valence-corrected chi connectivity index (χ1v) is 6.61. The highest BCUT2D eigenvalue weighted by Crippen LogP contribution is 2.29. The first kappa shape index (κ1) is 13.5. The molecule has 0 radical (unpaired) electrons. The topological polar surface area (TPSA) is 20.2 Å². The molecule has 0 heterocycles. The van der Waals surface area contributed by atoms with Gasteiger partial charge in [-0.2, -0.15) is 0 Å². The highest BCUT2D eigenvalue weighted by molar-refractivity contribution is 9.10. The maximum Gasteiger partial charge on any atom is 0.126 e. The molecule has 1 unspecified atom stereocenters. The average Bonchev–Trinajstić information content (AvgIpc) is 2.35. The Morgan fingerprint density at radius 3 is 2.67 bits per heavy atom. The molecule has 94 valence electrons. The Bertz CT molecular complexity index is 559. The molecular formula is C14H11BrClFO. The minimum absolute atomic E-state index is 0.197. The van der Waals surface area contributed by atoms with Crippen molar-refractivity contribution < 1.29 is 9.50 Å². The maximum atomic E-state index is 13.5. The lowest BCUT2D eigenvalue weighted by molar-refractivity contribution is 0.177. The molecule has 2 rings (SSSR count). The van der Waals surface area contributed by atoms with E-state index in [9.17, 15) is 9.50 Å². The Labute approximate surface area is 118 Å². The first-order chi connectivity index (χ1) is 8.58. The lowest BCUT2D eigenvalue weighted by atomic mass is 10.0. The van der Waals surface area contributed by atoms with Gasteiger partial charge in [-0.3, -0.25) is 0 Å². The van der Waals surface area contributed by atoms with Crippen molar-refractivity contribution in [2.24, 2.45) is 0 Å². The predicted molar refractivity (Wildman–Crippen MR) is 74.2 cm³/mol. The normalized spacial score (nSPS) is 12.4. The molecule has 0 aromatic heterocycles. The largest absolute Gasteiger partial charge is 0.388 e. The van der Waals surface area contributed by atoms with E-state index in [2.05, 4.69) is 15.9 Å². The van der Waals surface area contributed by atoms with Crippen LogP contribution in [0, 0.1) is 5.82 Å². The molecule has 0 amide bonds. The van der Waals surface area contributed by atoms with Gasteiger partial charge < -0.3 is 5.11 Å². The number of aliphatic hydroxyl groups is 1. The van der Waals surface area contributed by atoms with Crippen LogP contribution < -0.4 is 0 Å². The highest BCUT2D eigenvalue weighted by Gasteiger charge is 2.14. The fourth-order valence-electron chi connectivity index (χ4n) is 1.75. The van der Waals surface area contributed by atoms with Crippen molar-refractivity contribution >= 4 is 27.5 Å². The average molecular weight is 330 g/mol. The van der Waals surface area contributed by atoms with Gasteiger partial charge in [-0.15, -0.1) is 0 Å². The summed E-state index contributed by atoms with van der Waals surface area (Å²) in [5.74, 6) is -0.317. The number of benzene rings is 2. The summed E-state index contributed by atoms with van der Waals surface area (Å²) >= 11 is 9.34. The minimum Gasteiger partial charge on any atom is -0.388 e. The van der Waals surface area contributed by atoms with Crippen molar-refractivity contribution in [1.29, 1.82) is 0 Å². The number of rotatable bonds is 3. The van der Waals surface area contributed by atoms with Crippen LogP contribution in [0.5, 0.6) is 0 Å². The number of aliphatic hydroxyl groups excluding tert-OH is 1. The van der Waals surface area contributed by atoms with E-state index in [4.69, 9.17) is 11.6 Å². The van der Waals surface area contributed by atoms with Gasteiger partial charge in [0, 0.05) is 21.5 Å². The van der Waals surface area contributed by atoms with E-state index in [-0.39, 0.29) is 12.2 Å². The third kappa shape index (κ3) is 3.10. The van der Waals surface area contributed by atoms with E-state index < -0.39 is 6.10 Å². The molecule has 0 spiro atoms. The summed E-state index contributed by atoms with van der Waals surface area (Å²) in [4.78, 5) is 0. The van der Waals surface area contributed by atoms with Crippen LogP contribution >= 0.6 is 27.5 Å². The third-order valence-corrected chi connectivity index (χ3v) is 3.53. The van der Waals surface area contributed by atoms with Crippen molar-refractivity contribution in [3.63, 3.8) is 0 Å². The Hall–Kier alpha value is -0.900. The predicted octanol–water partition coefficient (Wildman–Crippen LogP) is 4.52. The molecule has 0 aliphatic heterocycles. The van der Waals surface area contributed by atoms with Crippen molar-refractivity contribution in [1.82, 2.24) is 0 Å². The quantitative estimate of drug-likeness (QED) is 0.878. The number of hydrogen-bond acceptors (Lipinski definition) is 1. The fourth-order valence-corrected chi connectivity index (χ4v) is 2.37. The summed E-state index contributed by atoms with van der Waals surface area (Å²) in [5, 5.41) is 10.6. The molecule has 2 aromatic carbocycles. The summed E-state index contributed by atoms with van der Waals surface area (Å²) in [6.07, 6.45) is -0.630. The second-order valence-corrected chi connectivity index (χ2v) is 5.30. The van der Waals surface area contributed by atoms with Gasteiger partial charge in [0.2, 0.25) is 0 Å². The van der Waals surface area contributed by atoms with Crippen molar-refractivity contribution in [3.05, 3.63) is 68.9 Å². The lowest BCUT2D eigenvalue weighted by Crippen LogP contribution is -2.04. The van der Waals surface area contributed by atoms with Gasteiger partial charge in [-0.25, -0.2) is 4.39 Å². The van der Waals surface area contributed by atoms with Crippen LogP contribution in [0.25, 0.3) is 0 Å². The van der Waals surface area contributed by atoms with E-state index >= 15 is 0 Å². The van der Waals surface area contributed by atoms with Gasteiger partial charge in [0.1, 0.15) is 5.82 Å². The molecule has 1 N–H and O–H groups in total. The molecule has 0 saturated carbocycles. The number of hydrogen-bond donors (Lipinski definition) is 1. The smallest absolute Gasteiger partial charge is 0.126 e. The third-order valence-electron chi connectivity index (χ3n) is 2.69. The summed E-state index contributed by atoms with van der Waals surface area (Å²) < 4.78 is 14.3. The second kappa shape index (κ2) is 5.83. The van der Waals surface area contributed by atoms with E-state index in [0.717, 1.165) is 4.47 Å². The second-order valence-electron chi connectivity index (χ2n) is 3.98. The zero-order valence-corrected chi connectivity index (χ0v) is 11.7. The molecule has 0 aliphatic carbocycles. The van der Waals surface area contributed by atoms with Gasteiger partial charge in [0.05, 0.1) is 6.10 Å². The zero-order chi connectivity index (χ0) is 13.1. The van der Waals surface area contributed by atoms with E-state index in [1.165, 1.54) is 6.07 Å². The Balaban J connectivity index is 2.25. The molecule has 1 nitrogen and oxygen atoms in total. The molecule has 0 bridgehead atoms. The Morgan fingerprint density at radius 1 is 1.22 bits per heavy atom. The van der Waals surface area contributed by atoms with Crippen molar-refractivity contribution in [3.8, 4) is 0 Å². The van der Waals surface area contributed by atoms with E-state index in [0.29, 0.717) is 16.1 Å². The first-order valence-electron chi connectivity index (χ1n) is 5.44. The number of halogens is 3. The van der Waals surface area contributed by atoms with Gasteiger partial charge in [0.15, 0.2) is 0 Å². The van der Waals surface area contributed by atoms with Crippen molar-refractivity contribution in [2.45, 2.75) is 12.5 Å². The van der Waals surface area contributed by atoms with Crippen LogP contribution in [0.2, 0.25) is 5.02 Å². The molecular weight excluding hydrogens is 319 g/mol. The lowest BCUT2D eigenvalue weighted by Gasteiger charge is -2.13. The molecule has 0 aliphatic rings. The van der Waals surface area contributed by atoms with Gasteiger partial charge in [0.25, 0.3) is 0 Å². The van der Waals surface area contributed by atoms with Gasteiger partial charge in [-0.05, 0) is 29.8 Å². The molecule has 18 heavy (non-hydrogen) atoms. The SMILES string of the molecule is OC(Cc1ccccc1F)c1cc(Br)ccc1Cl. The van der Waals surface area contributed by atoms with Crippen LogP contribution in [-0.4, -0.2) is 5.11 Å². The monoisotopic (exact) mass is 328 g/mol. The summed E-state index contributed by atoms with van der Waals surface area (Å²) in [6, 6.07) is 11.6. The molecule has 4 heteroatoms. The summed E-state index contributed by atoms with van der Waals surface area (Å²) in [5.41, 5.74) is 1.07. The Morgan fingerprint density at radius 2 is 1.94 bits per heavy atom. The standard InChI is InChI=1S/C14H11BrClFO/c15-10-5-6-12(16)11(8-10)14(18)7-9-3-1-2-4-13(9)17/h1-6,8,14,18H,7H2. The highest BCUT2D eigenvalue weighted by atomic mass is 79.9. The Kier molecular flexibility index (Phi) is 4.38. The van der Waals surface area contributed by atoms with Crippen LogP contribution in [0.15, 0.2) is 46.9 Å². The van der Waals surface area contributed by atoms with Gasteiger partial charge >= 0.3 is 0 Å². The van der Waals surface area contributed by atoms with E-state index in [1.807, 2.05) is 0 Å².